The quantitative estimate of drug-likeness (QED) is 0.645. The second-order valence-corrected chi connectivity index (χ2v) is 6.71. The van der Waals surface area contributed by atoms with Gasteiger partial charge >= 0.3 is 5.97 Å². The van der Waals surface area contributed by atoms with Gasteiger partial charge in [-0.25, -0.2) is 0 Å². The summed E-state index contributed by atoms with van der Waals surface area (Å²) in [6.45, 7) is 7.26. The second-order valence-electron chi connectivity index (χ2n) is 6.71. The number of hydrogen-bond acceptors (Lipinski definition) is 7. The molecule has 2 aliphatic rings. The third-order valence-corrected chi connectivity index (χ3v) is 4.54. The lowest BCUT2D eigenvalue weighted by Gasteiger charge is -2.31. The van der Waals surface area contributed by atoms with Crippen molar-refractivity contribution in [3.8, 4) is 11.5 Å². The molecule has 2 fully saturated rings. The average Bonchev–Trinajstić information content (AvgIpc) is 3.54. The van der Waals surface area contributed by atoms with E-state index >= 15 is 0 Å². The van der Waals surface area contributed by atoms with Gasteiger partial charge in [0.05, 0.1) is 43.7 Å². The monoisotopic (exact) mass is 392 g/mol. The molecule has 154 valence electrons. The lowest BCUT2D eigenvalue weighted by molar-refractivity contribution is -0.148. The molecule has 3 rings (SSSR count). The highest BCUT2D eigenvalue weighted by atomic mass is 16.5. The Morgan fingerprint density at radius 3 is 2.43 bits per heavy atom. The van der Waals surface area contributed by atoms with E-state index in [9.17, 15) is 9.59 Å². The first-order valence-corrected chi connectivity index (χ1v) is 9.85. The third kappa shape index (κ3) is 5.28. The predicted octanol–water partition coefficient (Wildman–Crippen LogP) is 2.21. The molecule has 1 aromatic carbocycles. The van der Waals surface area contributed by atoms with Crippen LogP contribution in [0.3, 0.4) is 0 Å². The average molecular weight is 392 g/mol. The number of carbonyl (C=O) groups excluding carboxylic acids is 2. The molecule has 1 saturated heterocycles. The van der Waals surface area contributed by atoms with Gasteiger partial charge in [-0.3, -0.25) is 9.59 Å². The van der Waals surface area contributed by atoms with E-state index in [4.69, 9.17) is 18.9 Å². The van der Waals surface area contributed by atoms with Crippen molar-refractivity contribution >= 4 is 23.3 Å². The van der Waals surface area contributed by atoms with Gasteiger partial charge in [-0.05, 0) is 26.7 Å². The molecular weight excluding hydrogens is 364 g/mol. The van der Waals surface area contributed by atoms with Gasteiger partial charge in [0.15, 0.2) is 6.61 Å². The maximum atomic E-state index is 12.3. The number of morpholine rings is 1. The van der Waals surface area contributed by atoms with Crippen molar-refractivity contribution in [3.05, 3.63) is 12.1 Å². The second kappa shape index (κ2) is 9.64. The summed E-state index contributed by atoms with van der Waals surface area (Å²) in [5.74, 6) is 0.464. The minimum absolute atomic E-state index is 0.0378. The van der Waals surface area contributed by atoms with Crippen LogP contribution in [0.4, 0.5) is 11.4 Å². The fourth-order valence-corrected chi connectivity index (χ4v) is 3.00. The van der Waals surface area contributed by atoms with Crippen LogP contribution < -0.4 is 19.7 Å². The molecule has 0 atom stereocenters. The van der Waals surface area contributed by atoms with Gasteiger partial charge in [0.25, 0.3) is 5.91 Å². The van der Waals surface area contributed by atoms with Crippen molar-refractivity contribution in [1.29, 1.82) is 0 Å². The molecular formula is C20H28N2O6. The van der Waals surface area contributed by atoms with Crippen LogP contribution in [0, 0.1) is 5.92 Å². The number of rotatable bonds is 9. The number of nitrogens with zero attached hydrogens (tertiary/aromatic N) is 1. The molecule has 1 aliphatic carbocycles. The molecule has 1 aromatic rings. The van der Waals surface area contributed by atoms with Crippen molar-refractivity contribution in [3.63, 3.8) is 0 Å². The summed E-state index contributed by atoms with van der Waals surface area (Å²) in [6.07, 6.45) is 1.69. The smallest absolute Gasteiger partial charge is 0.309 e. The molecule has 8 nitrogen and oxygen atoms in total. The Labute approximate surface area is 165 Å². The van der Waals surface area contributed by atoms with Crippen molar-refractivity contribution in [2.75, 3.05) is 56.3 Å². The normalized spacial score (nSPS) is 16.4. The van der Waals surface area contributed by atoms with Crippen molar-refractivity contribution in [2.45, 2.75) is 26.7 Å². The highest BCUT2D eigenvalue weighted by molar-refractivity contribution is 5.95. The number of ether oxygens (including phenoxy) is 4. The minimum atomic E-state index is -0.406. The zero-order valence-corrected chi connectivity index (χ0v) is 16.5. The van der Waals surface area contributed by atoms with Gasteiger partial charge in [0, 0.05) is 25.2 Å². The number of hydrogen-bond donors (Lipinski definition) is 1. The highest BCUT2D eigenvalue weighted by Gasteiger charge is 2.31. The third-order valence-electron chi connectivity index (χ3n) is 4.54. The van der Waals surface area contributed by atoms with E-state index in [1.165, 1.54) is 0 Å². The lowest BCUT2D eigenvalue weighted by atomic mass is 10.2. The Balaban J connectivity index is 1.76. The number of amides is 1. The first kappa shape index (κ1) is 20.3. The van der Waals surface area contributed by atoms with Crippen LogP contribution in [0.1, 0.15) is 26.7 Å². The summed E-state index contributed by atoms with van der Waals surface area (Å²) in [7, 11) is 0. The number of benzene rings is 1. The number of nitrogens with one attached hydrogen (secondary N) is 1. The Hall–Kier alpha value is -2.48. The molecule has 0 unspecified atom stereocenters. The summed E-state index contributed by atoms with van der Waals surface area (Å²) >= 11 is 0. The van der Waals surface area contributed by atoms with Crippen molar-refractivity contribution in [2.24, 2.45) is 5.92 Å². The molecule has 0 aromatic heterocycles. The molecule has 0 spiro atoms. The maximum absolute atomic E-state index is 12.3. The lowest BCUT2D eigenvalue weighted by Crippen LogP contribution is -2.36. The summed E-state index contributed by atoms with van der Waals surface area (Å²) in [4.78, 5) is 26.1. The van der Waals surface area contributed by atoms with E-state index in [1.54, 1.807) is 6.07 Å². The maximum Gasteiger partial charge on any atom is 0.309 e. The summed E-state index contributed by atoms with van der Waals surface area (Å²) < 4.78 is 22.0. The Morgan fingerprint density at radius 1 is 1.11 bits per heavy atom. The van der Waals surface area contributed by atoms with Crippen LogP contribution in [-0.4, -0.2) is 58.0 Å². The minimum Gasteiger partial charge on any atom is -0.492 e. The van der Waals surface area contributed by atoms with Crippen LogP contribution in [0.2, 0.25) is 0 Å². The van der Waals surface area contributed by atoms with Gasteiger partial charge in [0.1, 0.15) is 11.5 Å². The van der Waals surface area contributed by atoms with Crippen molar-refractivity contribution < 1.29 is 28.5 Å². The summed E-state index contributed by atoms with van der Waals surface area (Å²) in [5, 5.41) is 2.77. The molecule has 1 heterocycles. The van der Waals surface area contributed by atoms with Crippen LogP contribution in [0.5, 0.6) is 11.5 Å². The van der Waals surface area contributed by atoms with Crippen LogP contribution >= 0.6 is 0 Å². The standard InChI is InChI=1S/C20H28N2O6/c1-3-26-17-12-16(22-7-9-25-10-8-22)18(27-4-2)11-15(17)21-19(23)13-28-20(24)14-5-6-14/h11-12,14H,3-10,13H2,1-2H3,(H,21,23). The number of anilines is 2. The SMILES string of the molecule is CCOc1cc(N2CCOCC2)c(OCC)cc1NC(=O)COC(=O)C1CC1. The zero-order chi connectivity index (χ0) is 19.9. The molecule has 1 aliphatic heterocycles. The summed E-state index contributed by atoms with van der Waals surface area (Å²) in [5.41, 5.74) is 1.40. The van der Waals surface area contributed by atoms with E-state index in [0.29, 0.717) is 43.6 Å². The molecule has 0 radical (unpaired) electrons. The van der Waals surface area contributed by atoms with E-state index < -0.39 is 5.91 Å². The molecule has 1 amide bonds. The van der Waals surface area contributed by atoms with Gasteiger partial charge in [-0.1, -0.05) is 0 Å². The first-order chi connectivity index (χ1) is 13.6. The first-order valence-electron chi connectivity index (χ1n) is 9.85. The van der Waals surface area contributed by atoms with Crippen LogP contribution in [-0.2, 0) is 19.1 Å². The van der Waals surface area contributed by atoms with E-state index in [1.807, 2.05) is 19.9 Å². The fraction of sp³-hybridized carbons (Fsp3) is 0.600. The van der Waals surface area contributed by atoms with Crippen molar-refractivity contribution in [1.82, 2.24) is 0 Å². The fourth-order valence-electron chi connectivity index (χ4n) is 3.00. The van der Waals surface area contributed by atoms with E-state index in [-0.39, 0.29) is 18.5 Å². The summed E-state index contributed by atoms with van der Waals surface area (Å²) in [6, 6.07) is 3.64. The number of carbonyl (C=O) groups is 2. The zero-order valence-electron chi connectivity index (χ0n) is 16.5. The molecule has 1 N–H and O–H groups in total. The number of esters is 1. The Kier molecular flexibility index (Phi) is 6.97. The largest absolute Gasteiger partial charge is 0.492 e. The highest BCUT2D eigenvalue weighted by Crippen LogP contribution is 2.39. The molecule has 1 saturated carbocycles. The Morgan fingerprint density at radius 2 is 1.79 bits per heavy atom. The topological polar surface area (TPSA) is 86.3 Å². The van der Waals surface area contributed by atoms with E-state index in [2.05, 4.69) is 10.2 Å². The molecule has 0 bridgehead atoms. The van der Waals surface area contributed by atoms with E-state index in [0.717, 1.165) is 31.6 Å². The van der Waals surface area contributed by atoms with Gasteiger partial charge in [-0.2, -0.15) is 0 Å². The predicted molar refractivity (Wildman–Crippen MR) is 104 cm³/mol. The van der Waals surface area contributed by atoms with Gasteiger partial charge in [-0.15, -0.1) is 0 Å². The van der Waals surface area contributed by atoms with Gasteiger partial charge in [0.2, 0.25) is 0 Å². The van der Waals surface area contributed by atoms with Crippen LogP contribution in [0.15, 0.2) is 12.1 Å². The molecule has 28 heavy (non-hydrogen) atoms. The van der Waals surface area contributed by atoms with Crippen LogP contribution in [0.25, 0.3) is 0 Å². The molecule has 8 heteroatoms. The van der Waals surface area contributed by atoms with Gasteiger partial charge < -0.3 is 29.2 Å². The Bertz CT molecular complexity index is 698.